The number of hydrogen-bond donors (Lipinski definition) is 0. The van der Waals surface area contributed by atoms with Gasteiger partial charge in [0.15, 0.2) is 6.29 Å². The van der Waals surface area contributed by atoms with E-state index in [0.717, 1.165) is 3.57 Å². The maximum absolute atomic E-state index is 11.0. The molecule has 0 saturated carbocycles. The molecule has 0 aromatic heterocycles. The van der Waals surface area contributed by atoms with Crippen LogP contribution in [0.1, 0.15) is 10.4 Å². The molecule has 0 aliphatic heterocycles. The van der Waals surface area contributed by atoms with Gasteiger partial charge in [-0.25, -0.2) is 0 Å². The average molecular weight is 359 g/mol. The number of ether oxygens (including phenoxy) is 1. The van der Waals surface area contributed by atoms with E-state index in [9.17, 15) is 4.79 Å². The number of benzene rings is 2. The van der Waals surface area contributed by atoms with Crippen LogP contribution in [0.2, 0.25) is 5.02 Å². The molecule has 2 aromatic carbocycles. The van der Waals surface area contributed by atoms with Crippen molar-refractivity contribution in [2.24, 2.45) is 0 Å². The summed E-state index contributed by atoms with van der Waals surface area (Å²) in [4.78, 5) is 11.0. The summed E-state index contributed by atoms with van der Waals surface area (Å²) in [5, 5.41) is 0.392. The van der Waals surface area contributed by atoms with E-state index >= 15 is 0 Å². The summed E-state index contributed by atoms with van der Waals surface area (Å²) in [5.74, 6) is 1.18. The number of hydrogen-bond acceptors (Lipinski definition) is 2. The van der Waals surface area contributed by atoms with Crippen LogP contribution in [-0.2, 0) is 0 Å². The molecule has 86 valence electrons. The maximum Gasteiger partial charge on any atom is 0.155 e. The highest BCUT2D eigenvalue weighted by Gasteiger charge is 2.09. The van der Waals surface area contributed by atoms with Crippen LogP contribution in [0, 0.1) is 3.57 Å². The Morgan fingerprint density at radius 1 is 1.06 bits per heavy atom. The molecule has 2 nitrogen and oxygen atoms in total. The monoisotopic (exact) mass is 358 g/mol. The molecule has 0 aliphatic rings. The fraction of sp³-hybridized carbons (Fsp3) is 0. The molecule has 0 spiro atoms. The van der Waals surface area contributed by atoms with E-state index in [1.165, 1.54) is 0 Å². The number of halogens is 2. The topological polar surface area (TPSA) is 26.3 Å². The first-order valence-electron chi connectivity index (χ1n) is 4.88. The quantitative estimate of drug-likeness (QED) is 0.594. The van der Waals surface area contributed by atoms with Crippen LogP contribution >= 0.6 is 34.2 Å². The predicted molar refractivity (Wildman–Crippen MR) is 76.1 cm³/mol. The third-order valence-electron chi connectivity index (χ3n) is 2.19. The van der Waals surface area contributed by atoms with E-state index in [1.807, 2.05) is 24.3 Å². The fourth-order valence-electron chi connectivity index (χ4n) is 1.37. The highest BCUT2D eigenvalue weighted by Crippen LogP contribution is 2.31. The molecule has 2 rings (SSSR count). The van der Waals surface area contributed by atoms with Crippen molar-refractivity contribution in [1.82, 2.24) is 0 Å². The van der Waals surface area contributed by atoms with Crippen LogP contribution in [0.4, 0.5) is 0 Å². The Hall–Kier alpha value is -1.07. The van der Waals surface area contributed by atoms with Crippen molar-refractivity contribution in [3.05, 3.63) is 56.6 Å². The first-order valence-corrected chi connectivity index (χ1v) is 6.34. The van der Waals surface area contributed by atoms with Gasteiger partial charge in [-0.2, -0.15) is 0 Å². The summed E-state index contributed by atoms with van der Waals surface area (Å²) in [7, 11) is 0. The molecule has 0 aliphatic carbocycles. The van der Waals surface area contributed by atoms with Crippen LogP contribution in [0.3, 0.4) is 0 Å². The zero-order chi connectivity index (χ0) is 12.3. The predicted octanol–water partition coefficient (Wildman–Crippen LogP) is 4.55. The summed E-state index contributed by atoms with van der Waals surface area (Å²) in [6.07, 6.45) is 0.702. The second-order valence-electron chi connectivity index (χ2n) is 3.30. The number of rotatable bonds is 3. The van der Waals surface area contributed by atoms with Gasteiger partial charge < -0.3 is 4.74 Å². The van der Waals surface area contributed by atoms with Gasteiger partial charge in [0.1, 0.15) is 11.5 Å². The Labute approximate surface area is 118 Å². The summed E-state index contributed by atoms with van der Waals surface area (Å²) in [6.45, 7) is 0. The molecule has 0 heterocycles. The lowest BCUT2D eigenvalue weighted by atomic mass is 10.2. The normalized spacial score (nSPS) is 10.0. The van der Waals surface area contributed by atoms with Gasteiger partial charge in [0.2, 0.25) is 0 Å². The molecule has 2 aromatic rings. The zero-order valence-electron chi connectivity index (χ0n) is 8.69. The second-order valence-corrected chi connectivity index (χ2v) is 4.87. The Morgan fingerprint density at radius 2 is 1.76 bits per heavy atom. The minimum Gasteiger partial charge on any atom is -0.455 e. The van der Waals surface area contributed by atoms with E-state index in [4.69, 9.17) is 16.3 Å². The minimum atomic E-state index is 0.369. The maximum atomic E-state index is 11.0. The lowest BCUT2D eigenvalue weighted by Gasteiger charge is -2.10. The van der Waals surface area contributed by atoms with Crippen molar-refractivity contribution >= 4 is 40.5 Å². The molecule has 0 fully saturated rings. The molecular weight excluding hydrogens is 350 g/mol. The van der Waals surface area contributed by atoms with Gasteiger partial charge in [0, 0.05) is 0 Å². The Balaban J connectivity index is 2.40. The molecule has 0 atom stereocenters. The SMILES string of the molecule is O=Cc1c(Cl)cccc1Oc1ccccc1I. The third kappa shape index (κ3) is 2.79. The van der Waals surface area contributed by atoms with Gasteiger partial charge in [-0.1, -0.05) is 29.8 Å². The molecular formula is C13H8ClIO2. The van der Waals surface area contributed by atoms with Gasteiger partial charge in [-0.15, -0.1) is 0 Å². The van der Waals surface area contributed by atoms with Crippen LogP contribution in [-0.4, -0.2) is 6.29 Å². The summed E-state index contributed by atoms with van der Waals surface area (Å²) in [5.41, 5.74) is 0.369. The van der Waals surface area contributed by atoms with Gasteiger partial charge in [0.05, 0.1) is 14.2 Å². The van der Waals surface area contributed by atoms with Gasteiger partial charge >= 0.3 is 0 Å². The van der Waals surface area contributed by atoms with Crippen molar-refractivity contribution < 1.29 is 9.53 Å². The number of carbonyl (C=O) groups is 1. The van der Waals surface area contributed by atoms with E-state index in [1.54, 1.807) is 18.2 Å². The molecule has 4 heteroatoms. The summed E-state index contributed by atoms with van der Waals surface area (Å²) >= 11 is 8.10. The van der Waals surface area contributed by atoms with E-state index < -0.39 is 0 Å². The van der Waals surface area contributed by atoms with Crippen molar-refractivity contribution in [2.75, 3.05) is 0 Å². The molecule has 0 unspecified atom stereocenters. The first-order chi connectivity index (χ1) is 8.22. The first kappa shape index (κ1) is 12.4. The lowest BCUT2D eigenvalue weighted by molar-refractivity contribution is 0.112. The summed E-state index contributed by atoms with van der Waals surface area (Å²) < 4.78 is 6.66. The lowest BCUT2D eigenvalue weighted by Crippen LogP contribution is -1.92. The average Bonchev–Trinajstić information content (AvgIpc) is 2.32. The smallest absolute Gasteiger partial charge is 0.155 e. The molecule has 17 heavy (non-hydrogen) atoms. The molecule has 0 bridgehead atoms. The number of carbonyl (C=O) groups excluding carboxylic acids is 1. The van der Waals surface area contributed by atoms with Crippen LogP contribution < -0.4 is 4.74 Å². The largest absolute Gasteiger partial charge is 0.455 e. The highest BCUT2D eigenvalue weighted by atomic mass is 127. The van der Waals surface area contributed by atoms with Crippen molar-refractivity contribution in [3.8, 4) is 11.5 Å². The molecule has 0 N–H and O–H groups in total. The van der Waals surface area contributed by atoms with Crippen molar-refractivity contribution in [3.63, 3.8) is 0 Å². The van der Waals surface area contributed by atoms with Crippen LogP contribution in [0.25, 0.3) is 0 Å². The second kappa shape index (κ2) is 5.51. The number of aldehydes is 1. The van der Waals surface area contributed by atoms with Gasteiger partial charge in [-0.3, -0.25) is 4.79 Å². The zero-order valence-corrected chi connectivity index (χ0v) is 11.6. The van der Waals surface area contributed by atoms with Crippen molar-refractivity contribution in [1.29, 1.82) is 0 Å². The highest BCUT2D eigenvalue weighted by molar-refractivity contribution is 14.1. The van der Waals surface area contributed by atoms with E-state index in [2.05, 4.69) is 22.6 Å². The van der Waals surface area contributed by atoms with Crippen LogP contribution in [0.15, 0.2) is 42.5 Å². The molecule has 0 saturated heterocycles. The molecule has 0 radical (unpaired) electrons. The molecule has 0 amide bonds. The van der Waals surface area contributed by atoms with Crippen LogP contribution in [0.5, 0.6) is 11.5 Å². The standard InChI is InChI=1S/C13H8ClIO2/c14-10-4-3-7-12(9(10)8-16)17-13-6-2-1-5-11(13)15/h1-8H. The van der Waals surface area contributed by atoms with E-state index in [0.29, 0.717) is 28.4 Å². The Kier molecular flexibility index (Phi) is 4.02. The third-order valence-corrected chi connectivity index (χ3v) is 3.41. The van der Waals surface area contributed by atoms with Gasteiger partial charge in [0.25, 0.3) is 0 Å². The Morgan fingerprint density at radius 3 is 2.47 bits per heavy atom. The minimum absolute atomic E-state index is 0.369. The summed E-state index contributed by atoms with van der Waals surface area (Å²) in [6, 6.07) is 12.7. The fourth-order valence-corrected chi connectivity index (χ4v) is 2.07. The van der Waals surface area contributed by atoms with Gasteiger partial charge in [-0.05, 0) is 46.9 Å². The Bertz CT molecular complexity index is 555. The van der Waals surface area contributed by atoms with E-state index in [-0.39, 0.29) is 0 Å². The van der Waals surface area contributed by atoms with Crippen molar-refractivity contribution in [2.45, 2.75) is 0 Å². The number of para-hydroxylation sites is 1.